The second-order valence-corrected chi connectivity index (χ2v) is 6.64. The number of rotatable bonds is 5. The molecule has 9 heteroatoms. The lowest BCUT2D eigenvalue weighted by Gasteiger charge is -2.19. The molecule has 3 N–H and O–H groups in total. The van der Waals surface area contributed by atoms with Crippen molar-refractivity contribution >= 4 is 28.9 Å². The lowest BCUT2D eigenvalue weighted by molar-refractivity contribution is 0.587. The van der Waals surface area contributed by atoms with Crippen LogP contribution in [0.2, 0.25) is 5.02 Å². The van der Waals surface area contributed by atoms with Crippen molar-refractivity contribution in [3.63, 3.8) is 0 Å². The summed E-state index contributed by atoms with van der Waals surface area (Å²) in [6.07, 6.45) is 5.50. The molecule has 4 aromatic rings. The maximum Gasteiger partial charge on any atom is 0.166 e. The molecule has 148 valence electrons. The summed E-state index contributed by atoms with van der Waals surface area (Å²) in [6, 6.07) is 7.88. The molecule has 0 unspecified atom stereocenters. The largest absolute Gasteiger partial charge is 0.382 e. The Kier molecular flexibility index (Phi) is 4.79. The van der Waals surface area contributed by atoms with E-state index < -0.39 is 0 Å². The van der Waals surface area contributed by atoms with Crippen molar-refractivity contribution in [3.8, 4) is 11.3 Å². The summed E-state index contributed by atoms with van der Waals surface area (Å²) < 4.78 is 15.9. The van der Waals surface area contributed by atoms with E-state index in [1.807, 2.05) is 6.92 Å². The van der Waals surface area contributed by atoms with E-state index >= 15 is 0 Å². The minimum atomic E-state index is -0.364. The number of nitrogens with two attached hydrogens (primary N) is 1. The van der Waals surface area contributed by atoms with Gasteiger partial charge in [0, 0.05) is 33.3 Å². The van der Waals surface area contributed by atoms with Crippen molar-refractivity contribution in [2.75, 3.05) is 11.1 Å². The van der Waals surface area contributed by atoms with Crippen LogP contribution in [-0.4, -0.2) is 24.6 Å². The molecule has 0 aliphatic rings. The van der Waals surface area contributed by atoms with Gasteiger partial charge in [0.15, 0.2) is 11.5 Å². The smallest absolute Gasteiger partial charge is 0.166 e. The van der Waals surface area contributed by atoms with E-state index in [-0.39, 0.29) is 16.1 Å². The number of fused-ring (bicyclic) bond motifs is 1. The molecule has 4 rings (SSSR count). The summed E-state index contributed by atoms with van der Waals surface area (Å²) >= 11 is 5.86. The van der Waals surface area contributed by atoms with Gasteiger partial charge in [-0.15, -0.1) is 5.10 Å². The van der Waals surface area contributed by atoms with Crippen LogP contribution in [0.1, 0.15) is 29.2 Å². The molecular weight excluding hydrogens is 381 g/mol. The maximum atomic E-state index is 14.3. The third-order valence-corrected chi connectivity index (χ3v) is 4.65. The third kappa shape index (κ3) is 3.34. The van der Waals surface area contributed by atoms with E-state index in [4.69, 9.17) is 17.3 Å². The second kappa shape index (κ2) is 7.40. The number of hydrogen-bond donors (Lipinski definition) is 2. The average molecular weight is 404 g/mol. The molecule has 1 aromatic carbocycles. The molecule has 28 heavy (non-hydrogen) atoms. The lowest BCUT2D eigenvalue weighted by atomic mass is 10.0. The number of anilines is 2. The van der Waals surface area contributed by atoms with Crippen molar-refractivity contribution in [1.29, 1.82) is 0 Å². The molecule has 1 atom stereocenters. The predicted octanol–water partition coefficient (Wildman–Crippen LogP) is 4.86. The average Bonchev–Trinajstić information content (AvgIpc) is 3.02. The summed E-state index contributed by atoms with van der Waals surface area (Å²) in [5.41, 5.74) is 8.39. The van der Waals surface area contributed by atoms with E-state index in [2.05, 4.69) is 25.4 Å². The van der Waals surface area contributed by atoms with Gasteiger partial charge in [-0.25, -0.2) is 23.9 Å². The summed E-state index contributed by atoms with van der Waals surface area (Å²) in [4.78, 5) is 12.9. The number of halogens is 2. The highest BCUT2D eigenvalue weighted by Crippen LogP contribution is 2.30. The Morgan fingerprint density at radius 1 is 1.29 bits per heavy atom. The highest BCUT2D eigenvalue weighted by Gasteiger charge is 2.18. The lowest BCUT2D eigenvalue weighted by Crippen LogP contribution is -2.12. The first-order valence-corrected chi connectivity index (χ1v) is 9.07. The van der Waals surface area contributed by atoms with Gasteiger partial charge in [-0.05, 0) is 24.6 Å². The van der Waals surface area contributed by atoms with E-state index in [0.717, 1.165) is 0 Å². The number of hydrogen-bond acceptors (Lipinski definition) is 6. The molecular formula is C19H23ClFN7. The maximum absolute atomic E-state index is 14.3. The van der Waals surface area contributed by atoms with Gasteiger partial charge in [-0.3, -0.25) is 0 Å². The Labute approximate surface area is 169 Å². The minimum Gasteiger partial charge on any atom is -0.382 e. The zero-order valence-electron chi connectivity index (χ0n) is 15.0. The fraction of sp³-hybridized carbons (Fsp3) is 0.158. The van der Waals surface area contributed by atoms with Gasteiger partial charge >= 0.3 is 0 Å². The minimum absolute atomic E-state index is 0. The summed E-state index contributed by atoms with van der Waals surface area (Å²) in [6.45, 7) is 1.96. The van der Waals surface area contributed by atoms with Crippen LogP contribution in [-0.2, 0) is 0 Å². The molecule has 0 saturated heterocycles. The summed E-state index contributed by atoms with van der Waals surface area (Å²) in [7, 11) is 0. The fourth-order valence-electron chi connectivity index (χ4n) is 3.08. The Morgan fingerprint density at radius 2 is 2.14 bits per heavy atom. The predicted molar refractivity (Wildman–Crippen MR) is 113 cm³/mol. The van der Waals surface area contributed by atoms with E-state index in [1.54, 1.807) is 41.2 Å². The number of nitrogens with one attached hydrogen (secondary N) is 1. The van der Waals surface area contributed by atoms with Gasteiger partial charge in [0.1, 0.15) is 18.0 Å². The molecule has 0 aliphatic carbocycles. The molecule has 0 aliphatic heterocycles. The van der Waals surface area contributed by atoms with Crippen LogP contribution in [0.25, 0.3) is 16.9 Å². The van der Waals surface area contributed by atoms with Gasteiger partial charge in [-0.1, -0.05) is 24.6 Å². The first-order valence-electron chi connectivity index (χ1n) is 8.69. The van der Waals surface area contributed by atoms with E-state index in [9.17, 15) is 4.39 Å². The zero-order valence-corrected chi connectivity index (χ0v) is 15.7. The highest BCUT2D eigenvalue weighted by atomic mass is 35.5. The Bertz CT molecular complexity index is 1160. The SMILES string of the molecule is CC[C@H](Nc1cc(-c2c(N)nn3cccnc23)ncn1)c1ccc(Cl)cc1F.[HH].[HH].[HH]. The normalized spacial score (nSPS) is 12.2. The van der Waals surface area contributed by atoms with Crippen molar-refractivity contribution in [1.82, 2.24) is 24.6 Å². The van der Waals surface area contributed by atoms with Crippen LogP contribution in [0.15, 0.2) is 49.1 Å². The van der Waals surface area contributed by atoms with Crippen molar-refractivity contribution < 1.29 is 8.67 Å². The van der Waals surface area contributed by atoms with Gasteiger partial charge in [0.05, 0.1) is 17.3 Å². The number of nitrogens with zero attached hydrogens (tertiary/aromatic N) is 5. The van der Waals surface area contributed by atoms with Crippen molar-refractivity contribution in [3.05, 3.63) is 65.5 Å². The first-order chi connectivity index (χ1) is 13.6. The molecule has 3 heterocycles. The van der Waals surface area contributed by atoms with E-state index in [0.29, 0.717) is 45.5 Å². The zero-order chi connectivity index (χ0) is 19.7. The van der Waals surface area contributed by atoms with Gasteiger partial charge < -0.3 is 11.1 Å². The van der Waals surface area contributed by atoms with Crippen molar-refractivity contribution in [2.24, 2.45) is 0 Å². The van der Waals surface area contributed by atoms with Crippen molar-refractivity contribution in [2.45, 2.75) is 19.4 Å². The quantitative estimate of drug-likeness (QED) is 0.494. The third-order valence-electron chi connectivity index (χ3n) is 4.41. The Balaban J connectivity index is 0.00000160. The molecule has 7 nitrogen and oxygen atoms in total. The Hall–Kier alpha value is -3.26. The van der Waals surface area contributed by atoms with Crippen LogP contribution < -0.4 is 11.1 Å². The van der Waals surface area contributed by atoms with E-state index in [1.165, 1.54) is 12.4 Å². The first kappa shape index (κ1) is 18.1. The summed E-state index contributed by atoms with van der Waals surface area (Å²) in [5, 5.41) is 7.86. The molecule has 0 saturated carbocycles. The van der Waals surface area contributed by atoms with Gasteiger partial charge in [0.2, 0.25) is 0 Å². The van der Waals surface area contributed by atoms with Crippen LogP contribution in [0, 0.1) is 5.82 Å². The Morgan fingerprint density at radius 3 is 2.93 bits per heavy atom. The molecule has 0 spiro atoms. The van der Waals surface area contributed by atoms with Crippen LogP contribution in [0.5, 0.6) is 0 Å². The molecule has 3 aromatic heterocycles. The fourth-order valence-corrected chi connectivity index (χ4v) is 3.24. The van der Waals surface area contributed by atoms with Gasteiger partial charge in [0.25, 0.3) is 0 Å². The van der Waals surface area contributed by atoms with Crippen LogP contribution in [0.3, 0.4) is 0 Å². The number of nitrogen functional groups attached to an aromatic ring is 1. The molecule has 0 fully saturated rings. The topological polar surface area (TPSA) is 94.0 Å². The summed E-state index contributed by atoms with van der Waals surface area (Å²) in [5.74, 6) is 0.497. The molecule has 0 bridgehead atoms. The standard InChI is InChI=1S/C19H17ClFN7.3H2/c1-2-14(12-5-4-11(20)8-13(12)21)26-16-9-15(24-10-25-16)17-18(22)27-28-7-3-6-23-19(17)28;;;/h3-10,14H,2H2,1H3,(H2,22,27)(H,24,25,26);3*1H/t14-;;;/m0.../s1. The highest BCUT2D eigenvalue weighted by molar-refractivity contribution is 6.30. The molecule has 0 amide bonds. The molecule has 0 radical (unpaired) electrons. The number of aromatic nitrogens is 5. The second-order valence-electron chi connectivity index (χ2n) is 6.21. The van der Waals surface area contributed by atoms with Gasteiger partial charge in [-0.2, -0.15) is 0 Å². The van der Waals surface area contributed by atoms with Crippen LogP contribution >= 0.6 is 11.6 Å². The number of benzene rings is 1. The monoisotopic (exact) mass is 403 g/mol. The van der Waals surface area contributed by atoms with Crippen LogP contribution in [0.4, 0.5) is 16.0 Å².